The number of nitrogens with zero attached hydrogens (tertiary/aromatic N) is 2. The van der Waals surface area contributed by atoms with Gasteiger partial charge in [-0.2, -0.15) is 0 Å². The average Bonchev–Trinajstić information content (AvgIpc) is 2.75. The van der Waals surface area contributed by atoms with Crippen molar-refractivity contribution in [1.82, 2.24) is 4.98 Å². The molecule has 0 amide bonds. The molecule has 0 radical (unpaired) electrons. The Hall–Kier alpha value is -1.97. The first-order chi connectivity index (χ1) is 8.20. The lowest BCUT2D eigenvalue weighted by Gasteiger charge is -2.19. The Labute approximate surface area is 101 Å². The summed E-state index contributed by atoms with van der Waals surface area (Å²) in [5.74, 6) is 1.85. The molecule has 90 valence electrons. The highest BCUT2D eigenvalue weighted by Gasteiger charge is 2.07. The number of pyridine rings is 1. The van der Waals surface area contributed by atoms with Crippen molar-refractivity contribution < 1.29 is 4.42 Å². The quantitative estimate of drug-likeness (QED) is 0.878. The first kappa shape index (κ1) is 11.5. The summed E-state index contributed by atoms with van der Waals surface area (Å²) in [4.78, 5) is 6.37. The lowest BCUT2D eigenvalue weighted by molar-refractivity contribution is 0.529. The van der Waals surface area contributed by atoms with Gasteiger partial charge in [0.2, 0.25) is 0 Å². The Morgan fingerprint density at radius 3 is 2.88 bits per heavy atom. The molecule has 1 N–H and O–H groups in total. The number of aromatic nitrogens is 1. The molecule has 0 atom stereocenters. The lowest BCUT2D eigenvalue weighted by atomic mass is 10.2. The van der Waals surface area contributed by atoms with Gasteiger partial charge in [0.1, 0.15) is 11.6 Å². The van der Waals surface area contributed by atoms with E-state index in [-0.39, 0.29) is 0 Å². The Morgan fingerprint density at radius 2 is 2.24 bits per heavy atom. The van der Waals surface area contributed by atoms with Gasteiger partial charge in [-0.25, -0.2) is 4.98 Å². The molecule has 2 aromatic heterocycles. The Kier molecular flexibility index (Phi) is 3.32. The molecule has 0 saturated carbocycles. The Morgan fingerprint density at radius 1 is 1.41 bits per heavy atom. The predicted molar refractivity (Wildman–Crippen MR) is 69.3 cm³/mol. The van der Waals surface area contributed by atoms with E-state index in [2.05, 4.69) is 22.2 Å². The predicted octanol–water partition coefficient (Wildman–Crippen LogP) is 2.66. The van der Waals surface area contributed by atoms with Gasteiger partial charge in [-0.15, -0.1) is 0 Å². The van der Waals surface area contributed by atoms with E-state index in [0.717, 1.165) is 23.8 Å². The second-order valence-corrected chi connectivity index (χ2v) is 4.01. The first-order valence-corrected chi connectivity index (χ1v) is 5.58. The molecule has 2 aromatic rings. The zero-order valence-electron chi connectivity index (χ0n) is 10.4. The summed E-state index contributed by atoms with van der Waals surface area (Å²) >= 11 is 0. The summed E-state index contributed by atoms with van der Waals surface area (Å²) in [6.07, 6.45) is 3.53. The molecule has 0 fully saturated rings. The third-order valence-electron chi connectivity index (χ3n) is 2.81. The Balaban J connectivity index is 2.14. The fraction of sp³-hybridized carbons (Fsp3) is 0.308. The molecule has 0 spiro atoms. The van der Waals surface area contributed by atoms with E-state index >= 15 is 0 Å². The summed E-state index contributed by atoms with van der Waals surface area (Å²) in [5.41, 5.74) is 2.33. The van der Waals surface area contributed by atoms with E-state index in [9.17, 15) is 0 Å². The minimum atomic E-state index is 0.829. The van der Waals surface area contributed by atoms with E-state index < -0.39 is 0 Å². The van der Waals surface area contributed by atoms with Crippen molar-refractivity contribution in [2.75, 3.05) is 24.3 Å². The molecule has 0 bridgehead atoms. The van der Waals surface area contributed by atoms with E-state index in [1.807, 2.05) is 32.2 Å². The summed E-state index contributed by atoms with van der Waals surface area (Å²) < 4.78 is 5.29. The number of anilines is 2. The molecule has 4 nitrogen and oxygen atoms in total. The van der Waals surface area contributed by atoms with Gasteiger partial charge in [0, 0.05) is 44.2 Å². The third kappa shape index (κ3) is 2.58. The van der Waals surface area contributed by atoms with E-state index in [1.165, 1.54) is 5.56 Å². The fourth-order valence-corrected chi connectivity index (χ4v) is 1.72. The molecule has 0 aliphatic carbocycles. The van der Waals surface area contributed by atoms with Gasteiger partial charge in [-0.05, 0) is 19.1 Å². The number of nitrogens with one attached hydrogen (secondary N) is 1. The van der Waals surface area contributed by atoms with Gasteiger partial charge in [0.15, 0.2) is 0 Å². The first-order valence-electron chi connectivity index (χ1n) is 5.58. The van der Waals surface area contributed by atoms with Crippen LogP contribution in [0.5, 0.6) is 0 Å². The second kappa shape index (κ2) is 4.91. The maximum absolute atomic E-state index is 5.29. The number of rotatable bonds is 4. The number of aryl methyl sites for hydroxylation is 1. The normalized spacial score (nSPS) is 10.3. The molecular weight excluding hydrogens is 214 g/mol. The lowest BCUT2D eigenvalue weighted by Crippen LogP contribution is -2.16. The maximum Gasteiger partial charge on any atom is 0.127 e. The minimum absolute atomic E-state index is 0.829. The van der Waals surface area contributed by atoms with Crippen LogP contribution in [0.1, 0.15) is 11.3 Å². The molecule has 0 aliphatic heterocycles. The van der Waals surface area contributed by atoms with Crippen molar-refractivity contribution in [3.05, 3.63) is 42.0 Å². The van der Waals surface area contributed by atoms with Gasteiger partial charge in [-0.1, -0.05) is 0 Å². The summed E-state index contributed by atoms with van der Waals surface area (Å²) in [6, 6.07) is 6.03. The van der Waals surface area contributed by atoms with Crippen LogP contribution in [-0.4, -0.2) is 19.1 Å². The SMILES string of the molecule is CNc1cc(N(C)Cc2ccoc2C)ccn1. The molecule has 2 heterocycles. The largest absolute Gasteiger partial charge is 0.469 e. The van der Waals surface area contributed by atoms with Gasteiger partial charge < -0.3 is 14.6 Å². The van der Waals surface area contributed by atoms with Crippen LogP contribution < -0.4 is 10.2 Å². The molecule has 0 saturated heterocycles. The molecule has 2 rings (SSSR count). The van der Waals surface area contributed by atoms with Crippen LogP contribution in [0.2, 0.25) is 0 Å². The van der Waals surface area contributed by atoms with Crippen LogP contribution in [0.25, 0.3) is 0 Å². The maximum atomic E-state index is 5.29. The standard InChI is InChI=1S/C13H17N3O/c1-10-11(5-7-17-10)9-16(3)12-4-6-15-13(8-12)14-2/h4-8H,9H2,1-3H3,(H,14,15). The van der Waals surface area contributed by atoms with Crippen molar-refractivity contribution in [3.63, 3.8) is 0 Å². The van der Waals surface area contributed by atoms with Crippen LogP contribution in [0, 0.1) is 6.92 Å². The van der Waals surface area contributed by atoms with Gasteiger partial charge in [0.25, 0.3) is 0 Å². The highest BCUT2D eigenvalue weighted by Crippen LogP contribution is 2.19. The van der Waals surface area contributed by atoms with E-state index in [4.69, 9.17) is 4.42 Å². The topological polar surface area (TPSA) is 41.3 Å². The number of hydrogen-bond donors (Lipinski definition) is 1. The van der Waals surface area contributed by atoms with Crippen molar-refractivity contribution in [2.45, 2.75) is 13.5 Å². The van der Waals surface area contributed by atoms with Crippen molar-refractivity contribution >= 4 is 11.5 Å². The highest BCUT2D eigenvalue weighted by atomic mass is 16.3. The van der Waals surface area contributed by atoms with Crippen LogP contribution in [0.3, 0.4) is 0 Å². The Bertz CT molecular complexity index is 493. The molecule has 17 heavy (non-hydrogen) atoms. The second-order valence-electron chi connectivity index (χ2n) is 4.01. The van der Waals surface area contributed by atoms with Crippen LogP contribution in [0.15, 0.2) is 35.1 Å². The van der Waals surface area contributed by atoms with Crippen molar-refractivity contribution in [3.8, 4) is 0 Å². The van der Waals surface area contributed by atoms with Crippen molar-refractivity contribution in [1.29, 1.82) is 0 Å². The van der Waals surface area contributed by atoms with E-state index in [0.29, 0.717) is 0 Å². The van der Waals surface area contributed by atoms with Crippen LogP contribution >= 0.6 is 0 Å². The minimum Gasteiger partial charge on any atom is -0.469 e. The number of hydrogen-bond acceptors (Lipinski definition) is 4. The molecule has 0 unspecified atom stereocenters. The molecule has 0 aromatic carbocycles. The summed E-state index contributed by atoms with van der Waals surface area (Å²) in [7, 11) is 3.92. The van der Waals surface area contributed by atoms with Crippen LogP contribution in [-0.2, 0) is 6.54 Å². The fourth-order valence-electron chi connectivity index (χ4n) is 1.72. The summed E-state index contributed by atoms with van der Waals surface area (Å²) in [5, 5.41) is 3.04. The van der Waals surface area contributed by atoms with E-state index in [1.54, 1.807) is 12.5 Å². The zero-order valence-corrected chi connectivity index (χ0v) is 10.4. The van der Waals surface area contributed by atoms with Crippen LogP contribution in [0.4, 0.5) is 11.5 Å². The molecule has 0 aliphatic rings. The smallest absolute Gasteiger partial charge is 0.127 e. The number of furan rings is 1. The zero-order chi connectivity index (χ0) is 12.3. The van der Waals surface area contributed by atoms with Gasteiger partial charge in [-0.3, -0.25) is 0 Å². The average molecular weight is 231 g/mol. The monoisotopic (exact) mass is 231 g/mol. The molecule has 4 heteroatoms. The van der Waals surface area contributed by atoms with Crippen molar-refractivity contribution in [2.24, 2.45) is 0 Å². The van der Waals surface area contributed by atoms with Gasteiger partial charge >= 0.3 is 0 Å². The molecular formula is C13H17N3O. The third-order valence-corrected chi connectivity index (χ3v) is 2.81. The highest BCUT2D eigenvalue weighted by molar-refractivity contribution is 5.53. The summed E-state index contributed by atoms with van der Waals surface area (Å²) in [6.45, 7) is 2.81. The van der Waals surface area contributed by atoms with Gasteiger partial charge in [0.05, 0.1) is 6.26 Å².